The first-order valence-corrected chi connectivity index (χ1v) is 3.52. The zero-order valence-corrected chi connectivity index (χ0v) is 6.39. The summed E-state index contributed by atoms with van der Waals surface area (Å²) in [4.78, 5) is 0. The smallest absolute Gasteiger partial charge is 0.190 e. The highest BCUT2D eigenvalue weighted by Gasteiger charge is 2.07. The lowest BCUT2D eigenvalue weighted by molar-refractivity contribution is 0.293. The topological polar surface area (TPSA) is 35.2 Å². The van der Waals surface area contributed by atoms with E-state index < -0.39 is 11.6 Å². The van der Waals surface area contributed by atoms with Crippen molar-refractivity contribution in [1.29, 1.82) is 0 Å². The lowest BCUT2D eigenvalue weighted by Gasteiger charge is -2.05. The molecule has 0 aromatic heterocycles. The summed E-state index contributed by atoms with van der Waals surface area (Å²) in [6.07, 6.45) is 0. The van der Waals surface area contributed by atoms with Gasteiger partial charge in [0.2, 0.25) is 0 Å². The number of para-hydroxylation sites is 1. The molecule has 1 aromatic rings. The fourth-order valence-corrected chi connectivity index (χ4v) is 0.781. The monoisotopic (exact) mass is 173 g/mol. The Balaban J connectivity index is 2.81. The molecule has 2 nitrogen and oxygen atoms in total. The molecule has 0 unspecified atom stereocenters. The number of ether oxygens (including phenoxy) is 1. The molecular weight excluding hydrogens is 164 g/mol. The summed E-state index contributed by atoms with van der Waals surface area (Å²) in [5, 5.41) is 0. The van der Waals surface area contributed by atoms with Crippen molar-refractivity contribution in [2.24, 2.45) is 5.73 Å². The highest BCUT2D eigenvalue weighted by Crippen LogP contribution is 2.20. The number of nitrogens with two attached hydrogens (primary N) is 1. The van der Waals surface area contributed by atoms with Gasteiger partial charge in [0.15, 0.2) is 17.4 Å². The van der Waals surface area contributed by atoms with E-state index >= 15 is 0 Å². The Labute approximate surface area is 68.9 Å². The van der Waals surface area contributed by atoms with Crippen LogP contribution in [0.25, 0.3) is 0 Å². The van der Waals surface area contributed by atoms with Crippen molar-refractivity contribution in [3.05, 3.63) is 29.8 Å². The quantitative estimate of drug-likeness (QED) is 0.747. The zero-order chi connectivity index (χ0) is 8.97. The molecule has 1 aromatic carbocycles. The van der Waals surface area contributed by atoms with Crippen LogP contribution in [0.4, 0.5) is 8.78 Å². The van der Waals surface area contributed by atoms with Gasteiger partial charge < -0.3 is 10.5 Å². The molecule has 1 rings (SSSR count). The van der Waals surface area contributed by atoms with Gasteiger partial charge in [-0.2, -0.15) is 0 Å². The first-order chi connectivity index (χ1) is 5.75. The van der Waals surface area contributed by atoms with Crippen molar-refractivity contribution in [2.45, 2.75) is 0 Å². The van der Waals surface area contributed by atoms with Crippen LogP contribution in [-0.4, -0.2) is 13.2 Å². The van der Waals surface area contributed by atoms with Crippen LogP contribution in [0.15, 0.2) is 18.2 Å². The van der Waals surface area contributed by atoms with E-state index in [1.54, 1.807) is 0 Å². The molecule has 0 aliphatic carbocycles. The Morgan fingerprint density at radius 2 is 1.83 bits per heavy atom. The molecule has 0 spiro atoms. The van der Waals surface area contributed by atoms with Crippen molar-refractivity contribution in [3.8, 4) is 5.75 Å². The van der Waals surface area contributed by atoms with Crippen LogP contribution in [-0.2, 0) is 0 Å². The molecule has 0 saturated heterocycles. The standard InChI is InChI=1S/C8H9F2NO/c9-6-2-1-3-7(10)8(6)12-5-4-11/h1-3H,4-5,11H2. The van der Waals surface area contributed by atoms with E-state index in [0.29, 0.717) is 0 Å². The van der Waals surface area contributed by atoms with Gasteiger partial charge in [-0.25, -0.2) is 8.78 Å². The Hall–Kier alpha value is -1.16. The predicted octanol–water partition coefficient (Wildman–Crippen LogP) is 1.30. The largest absolute Gasteiger partial charge is 0.486 e. The third-order valence-electron chi connectivity index (χ3n) is 1.28. The highest BCUT2D eigenvalue weighted by atomic mass is 19.1. The van der Waals surface area contributed by atoms with E-state index in [-0.39, 0.29) is 18.9 Å². The lowest BCUT2D eigenvalue weighted by Crippen LogP contribution is -2.12. The van der Waals surface area contributed by atoms with Gasteiger partial charge in [-0.1, -0.05) is 6.07 Å². The maximum absolute atomic E-state index is 12.8. The van der Waals surface area contributed by atoms with E-state index in [9.17, 15) is 8.78 Å². The maximum Gasteiger partial charge on any atom is 0.190 e. The molecule has 0 aliphatic rings. The number of halogens is 2. The lowest BCUT2D eigenvalue weighted by atomic mass is 10.3. The van der Waals surface area contributed by atoms with Crippen LogP contribution in [0.5, 0.6) is 5.75 Å². The SMILES string of the molecule is NCCOc1c(F)cccc1F. The summed E-state index contributed by atoms with van der Waals surface area (Å²) < 4.78 is 30.3. The molecule has 0 saturated carbocycles. The summed E-state index contributed by atoms with van der Waals surface area (Å²) >= 11 is 0. The van der Waals surface area contributed by atoms with Crippen LogP contribution in [0.2, 0.25) is 0 Å². The summed E-state index contributed by atoms with van der Waals surface area (Å²) in [6.45, 7) is 0.339. The van der Waals surface area contributed by atoms with Gasteiger partial charge in [0.25, 0.3) is 0 Å². The second kappa shape index (κ2) is 4.01. The Bertz CT molecular complexity index is 245. The van der Waals surface area contributed by atoms with Crippen LogP contribution in [0.1, 0.15) is 0 Å². The summed E-state index contributed by atoms with van der Waals surface area (Å²) in [5.41, 5.74) is 5.11. The van der Waals surface area contributed by atoms with E-state index in [4.69, 9.17) is 10.5 Å². The molecule has 0 aliphatic heterocycles. The van der Waals surface area contributed by atoms with Gasteiger partial charge in [-0.05, 0) is 12.1 Å². The normalized spacial score (nSPS) is 9.92. The van der Waals surface area contributed by atoms with Crippen molar-refractivity contribution < 1.29 is 13.5 Å². The molecule has 0 radical (unpaired) electrons. The molecule has 0 atom stereocenters. The summed E-state index contributed by atoms with van der Waals surface area (Å²) in [5.74, 6) is -1.77. The van der Waals surface area contributed by atoms with E-state index in [1.807, 2.05) is 0 Å². The molecule has 0 bridgehead atoms. The van der Waals surface area contributed by atoms with Crippen LogP contribution in [0.3, 0.4) is 0 Å². The van der Waals surface area contributed by atoms with Gasteiger partial charge in [-0.15, -0.1) is 0 Å². The number of benzene rings is 1. The van der Waals surface area contributed by atoms with Crippen LogP contribution >= 0.6 is 0 Å². The highest BCUT2D eigenvalue weighted by molar-refractivity contribution is 5.25. The van der Waals surface area contributed by atoms with Gasteiger partial charge in [0, 0.05) is 6.54 Å². The fourth-order valence-electron chi connectivity index (χ4n) is 0.781. The average Bonchev–Trinajstić information content (AvgIpc) is 2.04. The van der Waals surface area contributed by atoms with Gasteiger partial charge in [0.1, 0.15) is 6.61 Å². The first kappa shape index (κ1) is 8.93. The van der Waals surface area contributed by atoms with E-state index in [1.165, 1.54) is 6.07 Å². The fraction of sp³-hybridized carbons (Fsp3) is 0.250. The van der Waals surface area contributed by atoms with Crippen LogP contribution < -0.4 is 10.5 Å². The van der Waals surface area contributed by atoms with E-state index in [0.717, 1.165) is 12.1 Å². The van der Waals surface area contributed by atoms with Gasteiger partial charge in [0.05, 0.1) is 0 Å². The van der Waals surface area contributed by atoms with Crippen molar-refractivity contribution in [1.82, 2.24) is 0 Å². The predicted molar refractivity (Wildman–Crippen MR) is 40.9 cm³/mol. The number of hydrogen-bond acceptors (Lipinski definition) is 2. The Kier molecular flexibility index (Phi) is 2.99. The molecule has 0 fully saturated rings. The van der Waals surface area contributed by atoms with Gasteiger partial charge in [-0.3, -0.25) is 0 Å². The Morgan fingerprint density at radius 1 is 1.25 bits per heavy atom. The minimum Gasteiger partial charge on any atom is -0.486 e. The average molecular weight is 173 g/mol. The van der Waals surface area contributed by atoms with E-state index in [2.05, 4.69) is 0 Å². The van der Waals surface area contributed by atoms with Crippen LogP contribution in [0, 0.1) is 11.6 Å². The molecular formula is C8H9F2NO. The third kappa shape index (κ3) is 1.92. The summed E-state index contributed by atoms with van der Waals surface area (Å²) in [6, 6.07) is 3.55. The number of rotatable bonds is 3. The van der Waals surface area contributed by atoms with Crippen molar-refractivity contribution >= 4 is 0 Å². The minimum atomic E-state index is -0.705. The second-order valence-corrected chi connectivity index (χ2v) is 2.19. The van der Waals surface area contributed by atoms with Gasteiger partial charge >= 0.3 is 0 Å². The molecule has 0 heterocycles. The zero-order valence-electron chi connectivity index (χ0n) is 6.39. The minimum absolute atomic E-state index is 0.109. The first-order valence-electron chi connectivity index (χ1n) is 3.52. The van der Waals surface area contributed by atoms with Crippen molar-refractivity contribution in [3.63, 3.8) is 0 Å². The molecule has 66 valence electrons. The Morgan fingerprint density at radius 3 is 2.33 bits per heavy atom. The summed E-state index contributed by atoms with van der Waals surface area (Å²) in [7, 11) is 0. The molecule has 4 heteroatoms. The second-order valence-electron chi connectivity index (χ2n) is 2.19. The maximum atomic E-state index is 12.8. The molecule has 2 N–H and O–H groups in total. The molecule has 0 amide bonds. The molecule has 12 heavy (non-hydrogen) atoms. The van der Waals surface area contributed by atoms with Crippen molar-refractivity contribution in [2.75, 3.05) is 13.2 Å². The number of hydrogen-bond donors (Lipinski definition) is 1. The third-order valence-corrected chi connectivity index (χ3v) is 1.28.